The highest BCUT2D eigenvalue weighted by atomic mass is 32.2. The number of phenols is 1. The number of carbonyl (C=O) groups excluding carboxylic acids is 2. The number of nitrogens with one attached hydrogen (secondary N) is 2. The van der Waals surface area contributed by atoms with Crippen molar-refractivity contribution in [2.75, 3.05) is 19.4 Å². The zero-order valence-corrected chi connectivity index (χ0v) is 23.2. The average molecular weight is 554 g/mol. The Hall–Kier alpha value is -3.04. The number of rotatable bonds is 12. The number of ether oxygens (including phenoxy) is 1. The molecule has 4 rings (SSSR count). The van der Waals surface area contributed by atoms with Crippen molar-refractivity contribution in [3.63, 3.8) is 0 Å². The molecule has 38 heavy (non-hydrogen) atoms. The van der Waals surface area contributed by atoms with E-state index < -0.39 is 0 Å². The van der Waals surface area contributed by atoms with E-state index in [0.717, 1.165) is 23.5 Å². The Labute approximate surface area is 232 Å². The highest BCUT2D eigenvalue weighted by Crippen LogP contribution is 2.31. The maximum Gasteiger partial charge on any atom is 0.271 e. The number of hydrogen-bond donors (Lipinski definition) is 3. The molecule has 0 bridgehead atoms. The van der Waals surface area contributed by atoms with E-state index in [-0.39, 0.29) is 41.0 Å². The summed E-state index contributed by atoms with van der Waals surface area (Å²) in [4.78, 5) is 30.2. The van der Waals surface area contributed by atoms with E-state index in [4.69, 9.17) is 4.74 Å². The zero-order valence-electron chi connectivity index (χ0n) is 21.6. The summed E-state index contributed by atoms with van der Waals surface area (Å²) in [5.41, 5.74) is 3.34. The van der Waals surface area contributed by atoms with Crippen LogP contribution in [-0.2, 0) is 6.42 Å². The van der Waals surface area contributed by atoms with E-state index in [1.54, 1.807) is 36.2 Å². The van der Waals surface area contributed by atoms with Gasteiger partial charge < -0.3 is 20.5 Å². The van der Waals surface area contributed by atoms with Crippen molar-refractivity contribution >= 4 is 34.9 Å². The predicted molar refractivity (Wildman–Crippen MR) is 153 cm³/mol. The lowest BCUT2D eigenvalue weighted by Crippen LogP contribution is -2.50. The minimum atomic E-state index is -0.378. The van der Waals surface area contributed by atoms with E-state index in [9.17, 15) is 14.7 Å². The number of nitrogens with zero attached hydrogens (tertiary/aromatic N) is 1. The van der Waals surface area contributed by atoms with Crippen molar-refractivity contribution in [2.45, 2.75) is 49.8 Å². The fraction of sp³-hybridized carbons (Fsp3) is 0.414. The van der Waals surface area contributed by atoms with Crippen LogP contribution in [0.15, 0.2) is 59.4 Å². The monoisotopic (exact) mass is 553 g/mol. The van der Waals surface area contributed by atoms with Crippen molar-refractivity contribution < 1.29 is 19.4 Å². The predicted octanol–water partition coefficient (Wildman–Crippen LogP) is 5.31. The number of aromatic hydroxyl groups is 1. The van der Waals surface area contributed by atoms with Crippen LogP contribution in [0.2, 0.25) is 0 Å². The van der Waals surface area contributed by atoms with Crippen molar-refractivity contribution in [2.24, 2.45) is 5.92 Å². The molecule has 2 atom stereocenters. The van der Waals surface area contributed by atoms with Crippen molar-refractivity contribution in [3.05, 3.63) is 76.2 Å². The first-order chi connectivity index (χ1) is 18.5. The topological polar surface area (TPSA) is 101 Å². The first-order valence-electron chi connectivity index (χ1n) is 13.0. The molecule has 1 aliphatic carbocycles. The summed E-state index contributed by atoms with van der Waals surface area (Å²) < 4.78 is 5.32. The molecule has 1 fully saturated rings. The standard InChI is InChI=1S/C29H35N3O4S2/c1-36-22-13-11-20(12-14-22)15-27(38-17-21-7-3-2-4-8-21)24(32-29(35)25-18-37-19-31-25)16-30-28(34)23-9-5-6-10-26(23)33/h5-6,9-14,18-19,21,24,27,33H,2-4,7-8,15-17H2,1H3,(H,30,34)(H,32,35). The van der Waals surface area contributed by atoms with Gasteiger partial charge in [-0.2, -0.15) is 11.8 Å². The third-order valence-corrected chi connectivity index (χ3v) is 9.10. The molecule has 0 spiro atoms. The molecule has 2 amide bonds. The van der Waals surface area contributed by atoms with Crippen LogP contribution >= 0.6 is 23.1 Å². The van der Waals surface area contributed by atoms with Gasteiger partial charge in [0, 0.05) is 17.2 Å². The van der Waals surface area contributed by atoms with E-state index in [2.05, 4.69) is 15.6 Å². The number of amides is 2. The normalized spacial score (nSPS) is 15.4. The number of methoxy groups -OCH3 is 1. The molecule has 1 aromatic heterocycles. The summed E-state index contributed by atoms with van der Waals surface area (Å²) in [7, 11) is 1.65. The highest BCUT2D eigenvalue weighted by Gasteiger charge is 2.28. The van der Waals surface area contributed by atoms with Crippen LogP contribution in [0.4, 0.5) is 0 Å². The molecule has 7 nitrogen and oxygen atoms in total. The lowest BCUT2D eigenvalue weighted by Gasteiger charge is -2.30. The molecule has 0 saturated heterocycles. The second-order valence-corrected chi connectivity index (χ2v) is 11.6. The van der Waals surface area contributed by atoms with Gasteiger partial charge in [0.1, 0.15) is 17.2 Å². The lowest BCUT2D eigenvalue weighted by atomic mass is 9.91. The first-order valence-corrected chi connectivity index (χ1v) is 15.0. The van der Waals surface area contributed by atoms with Crippen LogP contribution in [-0.4, -0.2) is 52.6 Å². The van der Waals surface area contributed by atoms with Gasteiger partial charge in [-0.15, -0.1) is 11.3 Å². The molecule has 0 aliphatic heterocycles. The van der Waals surface area contributed by atoms with Crippen LogP contribution < -0.4 is 15.4 Å². The lowest BCUT2D eigenvalue weighted by molar-refractivity contribution is 0.0904. The summed E-state index contributed by atoms with van der Waals surface area (Å²) in [5.74, 6) is 1.76. The summed E-state index contributed by atoms with van der Waals surface area (Å²) in [5, 5.41) is 18.0. The Kier molecular flexibility index (Phi) is 10.5. The molecule has 1 heterocycles. The van der Waals surface area contributed by atoms with E-state index >= 15 is 0 Å². The molecular weight excluding hydrogens is 518 g/mol. The molecule has 3 aromatic rings. The Morgan fingerprint density at radius 2 is 1.87 bits per heavy atom. The van der Waals surface area contributed by atoms with E-state index in [1.165, 1.54) is 49.5 Å². The maximum absolute atomic E-state index is 13.1. The van der Waals surface area contributed by atoms with Crippen molar-refractivity contribution in [3.8, 4) is 11.5 Å². The molecule has 1 aliphatic rings. The molecule has 2 aromatic carbocycles. The van der Waals surface area contributed by atoms with Gasteiger partial charge in [0.25, 0.3) is 11.8 Å². The quantitative estimate of drug-likeness (QED) is 0.281. The van der Waals surface area contributed by atoms with Gasteiger partial charge in [-0.1, -0.05) is 43.5 Å². The zero-order chi connectivity index (χ0) is 26.7. The van der Waals surface area contributed by atoms with Gasteiger partial charge in [-0.25, -0.2) is 4.98 Å². The second-order valence-electron chi connectivity index (χ2n) is 9.61. The largest absolute Gasteiger partial charge is 0.507 e. The van der Waals surface area contributed by atoms with Gasteiger partial charge >= 0.3 is 0 Å². The molecule has 0 radical (unpaired) electrons. The minimum Gasteiger partial charge on any atom is -0.507 e. The average Bonchev–Trinajstić information content (AvgIpc) is 3.50. The van der Waals surface area contributed by atoms with Gasteiger partial charge in [0.15, 0.2) is 0 Å². The Balaban J connectivity index is 1.54. The number of thioether (sulfide) groups is 1. The van der Waals surface area contributed by atoms with Gasteiger partial charge in [0.2, 0.25) is 0 Å². The third kappa shape index (κ3) is 7.98. The molecule has 2 unspecified atom stereocenters. The number of benzene rings is 2. The maximum atomic E-state index is 13.1. The number of phenolic OH excluding ortho intramolecular Hbond substituents is 1. The minimum absolute atomic E-state index is 0.0116. The fourth-order valence-electron chi connectivity index (χ4n) is 4.73. The Morgan fingerprint density at radius 1 is 1.11 bits per heavy atom. The highest BCUT2D eigenvalue weighted by molar-refractivity contribution is 7.99. The number of hydrogen-bond acceptors (Lipinski definition) is 7. The van der Waals surface area contributed by atoms with Crippen LogP contribution in [0.1, 0.15) is 58.5 Å². The number of aromatic nitrogens is 1. The van der Waals surface area contributed by atoms with Crippen LogP contribution in [0.5, 0.6) is 11.5 Å². The number of thiazole rings is 1. The van der Waals surface area contributed by atoms with E-state index in [0.29, 0.717) is 11.6 Å². The Morgan fingerprint density at radius 3 is 2.55 bits per heavy atom. The van der Waals surface area contributed by atoms with E-state index in [1.807, 2.05) is 36.0 Å². The summed E-state index contributed by atoms with van der Waals surface area (Å²) in [6.45, 7) is 0.224. The van der Waals surface area contributed by atoms with Gasteiger partial charge in [0.05, 0.1) is 24.2 Å². The summed E-state index contributed by atoms with van der Waals surface area (Å²) >= 11 is 3.24. The fourth-order valence-corrected chi connectivity index (χ4v) is 6.82. The molecule has 3 N–H and O–H groups in total. The van der Waals surface area contributed by atoms with Gasteiger partial charge in [-0.05, 0) is 60.8 Å². The van der Waals surface area contributed by atoms with Gasteiger partial charge in [-0.3, -0.25) is 9.59 Å². The summed E-state index contributed by atoms with van der Waals surface area (Å²) in [6.07, 6.45) is 7.05. The first kappa shape index (κ1) is 28.0. The van der Waals surface area contributed by atoms with Crippen LogP contribution in [0.25, 0.3) is 0 Å². The summed E-state index contributed by atoms with van der Waals surface area (Å²) in [6, 6.07) is 14.1. The molecular formula is C29H35N3O4S2. The SMILES string of the molecule is COc1ccc(CC(SCC2CCCCC2)C(CNC(=O)c2ccccc2O)NC(=O)c2cscn2)cc1. The van der Waals surface area contributed by atoms with Crippen molar-refractivity contribution in [1.82, 2.24) is 15.6 Å². The Bertz CT molecular complexity index is 1160. The van der Waals surface area contributed by atoms with Crippen molar-refractivity contribution in [1.29, 1.82) is 0 Å². The molecule has 1 saturated carbocycles. The molecule has 202 valence electrons. The van der Waals surface area contributed by atoms with Crippen LogP contribution in [0, 0.1) is 5.92 Å². The molecule has 9 heteroatoms. The third-order valence-electron chi connectivity index (χ3n) is 6.93. The smallest absolute Gasteiger partial charge is 0.271 e. The number of para-hydroxylation sites is 1. The number of carbonyl (C=O) groups is 2. The van der Waals surface area contributed by atoms with Crippen LogP contribution in [0.3, 0.4) is 0 Å². The second kappa shape index (κ2) is 14.2.